The summed E-state index contributed by atoms with van der Waals surface area (Å²) in [6.07, 6.45) is 1.65. The van der Waals surface area contributed by atoms with Crippen LogP contribution >= 0.6 is 0 Å². The fourth-order valence-electron chi connectivity index (χ4n) is 2.31. The number of pyridine rings is 1. The van der Waals surface area contributed by atoms with Crippen LogP contribution in [0.15, 0.2) is 12.8 Å². The minimum absolute atomic E-state index is 0.0573. The van der Waals surface area contributed by atoms with Crippen molar-refractivity contribution in [2.75, 3.05) is 67.6 Å². The lowest BCUT2D eigenvalue weighted by atomic mass is 10.0. The highest BCUT2D eigenvalue weighted by Gasteiger charge is 2.22. The number of carbonyl (C=O) groups is 1. The van der Waals surface area contributed by atoms with Crippen molar-refractivity contribution in [2.45, 2.75) is 12.8 Å². The molecule has 1 aromatic heterocycles. The molecular weight excluding hydrogens is 382 g/mol. The number of nitrogens with zero attached hydrogens (tertiary/aromatic N) is 1. The number of hydrogen-bond donors (Lipinski definition) is 1. The van der Waals surface area contributed by atoms with Gasteiger partial charge in [-0.3, -0.25) is 4.79 Å². The monoisotopic (exact) mass is 413 g/mol. The fourth-order valence-corrected chi connectivity index (χ4v) is 2.31. The molecule has 1 rings (SSSR count). The van der Waals surface area contributed by atoms with Crippen molar-refractivity contribution in [2.24, 2.45) is 0 Å². The van der Waals surface area contributed by atoms with Gasteiger partial charge in [-0.15, -0.1) is 0 Å². The number of aliphatic hydroxyl groups is 1. The Bertz CT molecular complexity index is 635. The third-order valence-corrected chi connectivity index (χ3v) is 3.73. The molecule has 0 aliphatic rings. The first-order chi connectivity index (χ1) is 14.1. The Balaban J connectivity index is 3.23. The van der Waals surface area contributed by atoms with Crippen LogP contribution in [0.3, 0.4) is 0 Å². The summed E-state index contributed by atoms with van der Waals surface area (Å²) in [5, 5.41) is 8.96. The molecule has 164 valence electrons. The summed E-state index contributed by atoms with van der Waals surface area (Å²) in [5.41, 5.74) is 1.03. The van der Waals surface area contributed by atoms with Crippen molar-refractivity contribution in [3.63, 3.8) is 0 Å². The number of aromatic nitrogens is 1. The van der Waals surface area contributed by atoms with Gasteiger partial charge in [-0.1, -0.05) is 6.58 Å². The van der Waals surface area contributed by atoms with Crippen molar-refractivity contribution in [3.8, 4) is 17.4 Å². The molecule has 1 N–H and O–H groups in total. The second kappa shape index (κ2) is 14.7. The van der Waals surface area contributed by atoms with Gasteiger partial charge in [-0.05, 0) is 5.57 Å². The van der Waals surface area contributed by atoms with E-state index in [0.29, 0.717) is 42.5 Å². The van der Waals surface area contributed by atoms with E-state index in [1.165, 1.54) is 6.20 Å². The van der Waals surface area contributed by atoms with Gasteiger partial charge in [0.15, 0.2) is 5.75 Å². The summed E-state index contributed by atoms with van der Waals surface area (Å²) in [5.74, 6) is 0.760. The third-order valence-electron chi connectivity index (χ3n) is 3.73. The van der Waals surface area contributed by atoms with Crippen LogP contribution in [0.2, 0.25) is 0 Å². The van der Waals surface area contributed by atoms with Crippen LogP contribution in [0.25, 0.3) is 5.57 Å². The Morgan fingerprint density at radius 3 is 2.03 bits per heavy atom. The molecule has 0 aliphatic carbocycles. The SMILES string of the molecule is C=C(CC(=O)CCO)c1cnc(OCCOC)c(OCCOC)c1OCCOC. The number of ketones is 1. The summed E-state index contributed by atoms with van der Waals surface area (Å²) in [4.78, 5) is 16.3. The minimum Gasteiger partial charge on any atom is -0.486 e. The van der Waals surface area contributed by atoms with Gasteiger partial charge in [0, 0.05) is 52.5 Å². The largest absolute Gasteiger partial charge is 0.486 e. The van der Waals surface area contributed by atoms with Gasteiger partial charge >= 0.3 is 0 Å². The van der Waals surface area contributed by atoms with Gasteiger partial charge < -0.3 is 33.5 Å². The lowest BCUT2D eigenvalue weighted by Crippen LogP contribution is -2.13. The van der Waals surface area contributed by atoms with Crippen LogP contribution in [-0.2, 0) is 19.0 Å². The number of allylic oxidation sites excluding steroid dienone is 1. The molecule has 0 saturated carbocycles. The molecule has 0 aromatic carbocycles. The smallest absolute Gasteiger partial charge is 0.261 e. The summed E-state index contributed by atoms with van der Waals surface area (Å²) >= 11 is 0. The van der Waals surface area contributed by atoms with E-state index in [1.807, 2.05) is 0 Å². The van der Waals surface area contributed by atoms with Gasteiger partial charge in [0.2, 0.25) is 5.75 Å². The van der Waals surface area contributed by atoms with Crippen molar-refractivity contribution in [3.05, 3.63) is 18.3 Å². The van der Waals surface area contributed by atoms with E-state index in [2.05, 4.69) is 11.6 Å². The van der Waals surface area contributed by atoms with E-state index in [-0.39, 0.29) is 50.9 Å². The summed E-state index contributed by atoms with van der Waals surface area (Å²) in [7, 11) is 4.71. The molecule has 0 bridgehead atoms. The molecule has 1 heterocycles. The normalized spacial score (nSPS) is 10.6. The first-order valence-electron chi connectivity index (χ1n) is 9.27. The number of hydrogen-bond acceptors (Lipinski definition) is 9. The second-order valence-electron chi connectivity index (χ2n) is 5.95. The molecule has 0 atom stereocenters. The highest BCUT2D eigenvalue weighted by atomic mass is 16.6. The molecule has 0 fully saturated rings. The van der Waals surface area contributed by atoms with Gasteiger partial charge in [0.25, 0.3) is 5.88 Å². The predicted molar refractivity (Wildman–Crippen MR) is 107 cm³/mol. The highest BCUT2D eigenvalue weighted by molar-refractivity contribution is 5.91. The number of ether oxygens (including phenoxy) is 6. The predicted octanol–water partition coefficient (Wildman–Crippen LogP) is 1.51. The van der Waals surface area contributed by atoms with E-state index in [1.54, 1.807) is 21.3 Å². The maximum Gasteiger partial charge on any atom is 0.261 e. The van der Waals surface area contributed by atoms with Crippen molar-refractivity contribution >= 4 is 11.4 Å². The molecule has 0 aliphatic heterocycles. The maximum atomic E-state index is 11.9. The molecule has 0 amide bonds. The van der Waals surface area contributed by atoms with Crippen LogP contribution in [0, 0.1) is 0 Å². The van der Waals surface area contributed by atoms with Crippen LogP contribution in [0.1, 0.15) is 18.4 Å². The van der Waals surface area contributed by atoms with Crippen LogP contribution in [0.4, 0.5) is 0 Å². The topological polar surface area (TPSA) is 106 Å². The first-order valence-corrected chi connectivity index (χ1v) is 9.27. The molecule has 0 unspecified atom stereocenters. The summed E-state index contributed by atoms with van der Waals surface area (Å²) in [6.45, 7) is 5.64. The summed E-state index contributed by atoms with van der Waals surface area (Å²) in [6, 6.07) is 0. The number of carbonyl (C=O) groups excluding carboxylic acids is 1. The number of rotatable bonds is 17. The number of aliphatic hydroxyl groups excluding tert-OH is 1. The Kier molecular flexibility index (Phi) is 12.6. The van der Waals surface area contributed by atoms with Crippen molar-refractivity contribution < 1.29 is 38.3 Å². The molecule has 0 radical (unpaired) electrons. The summed E-state index contributed by atoms with van der Waals surface area (Å²) < 4.78 is 32.5. The molecule has 0 spiro atoms. The zero-order valence-corrected chi connectivity index (χ0v) is 17.4. The lowest BCUT2D eigenvalue weighted by Gasteiger charge is -2.19. The van der Waals surface area contributed by atoms with E-state index in [9.17, 15) is 4.79 Å². The molecule has 9 heteroatoms. The zero-order valence-electron chi connectivity index (χ0n) is 17.4. The Hall–Kier alpha value is -2.20. The molecule has 1 aromatic rings. The first kappa shape index (κ1) is 24.8. The quantitative estimate of drug-likeness (QED) is 0.380. The zero-order chi connectivity index (χ0) is 21.5. The van der Waals surface area contributed by atoms with Crippen LogP contribution in [0.5, 0.6) is 17.4 Å². The lowest BCUT2D eigenvalue weighted by molar-refractivity contribution is -0.118. The van der Waals surface area contributed by atoms with Gasteiger partial charge in [-0.25, -0.2) is 4.98 Å². The molecule has 29 heavy (non-hydrogen) atoms. The second-order valence-corrected chi connectivity index (χ2v) is 5.95. The fraction of sp³-hybridized carbons (Fsp3) is 0.600. The molecular formula is C20H31NO8. The average Bonchev–Trinajstić information content (AvgIpc) is 2.70. The van der Waals surface area contributed by atoms with Gasteiger partial charge in [0.05, 0.1) is 19.8 Å². The maximum absolute atomic E-state index is 11.9. The number of Topliss-reactive ketones (excluding diaryl/α,β-unsaturated/α-hetero) is 1. The van der Waals surface area contributed by atoms with Crippen LogP contribution < -0.4 is 14.2 Å². The van der Waals surface area contributed by atoms with Crippen molar-refractivity contribution in [1.29, 1.82) is 0 Å². The Morgan fingerprint density at radius 2 is 1.48 bits per heavy atom. The number of methoxy groups -OCH3 is 3. The van der Waals surface area contributed by atoms with E-state index >= 15 is 0 Å². The van der Waals surface area contributed by atoms with Crippen molar-refractivity contribution in [1.82, 2.24) is 4.98 Å². The molecule has 0 saturated heterocycles. The standard InChI is InChI=1S/C20H31NO8/c1-15(13-16(23)5-6-22)17-14-21-20(29-12-9-26-4)19(28-11-8-25-3)18(17)27-10-7-24-2/h14,22H,1,5-13H2,2-4H3. The van der Waals surface area contributed by atoms with Gasteiger partial charge in [0.1, 0.15) is 25.6 Å². The van der Waals surface area contributed by atoms with Gasteiger partial charge in [-0.2, -0.15) is 0 Å². The Morgan fingerprint density at radius 1 is 0.931 bits per heavy atom. The van der Waals surface area contributed by atoms with E-state index < -0.39 is 0 Å². The average molecular weight is 413 g/mol. The highest BCUT2D eigenvalue weighted by Crippen LogP contribution is 2.41. The van der Waals surface area contributed by atoms with Crippen LogP contribution in [-0.4, -0.2) is 83.5 Å². The molecule has 9 nitrogen and oxygen atoms in total. The Labute approximate surface area is 171 Å². The third kappa shape index (κ3) is 8.78. The minimum atomic E-state index is -0.209. The van der Waals surface area contributed by atoms with E-state index in [0.717, 1.165) is 0 Å². The van der Waals surface area contributed by atoms with E-state index in [4.69, 9.17) is 33.5 Å².